The molecule has 0 unspecified atom stereocenters. The summed E-state index contributed by atoms with van der Waals surface area (Å²) < 4.78 is 1.92. The lowest BCUT2D eigenvalue weighted by atomic mass is 10.1. The number of aryl methyl sites for hydroxylation is 2. The largest absolute Gasteiger partial charge is 0.384 e. The van der Waals surface area contributed by atoms with Gasteiger partial charge in [0.05, 0.1) is 22.8 Å². The van der Waals surface area contributed by atoms with Crippen LogP contribution in [-0.2, 0) is 13.1 Å². The third kappa shape index (κ3) is 4.28. The molecule has 0 radical (unpaired) electrons. The second-order valence-corrected chi connectivity index (χ2v) is 7.76. The van der Waals surface area contributed by atoms with Gasteiger partial charge in [-0.2, -0.15) is 5.10 Å². The molecule has 3 heterocycles. The molecule has 152 valence electrons. The van der Waals surface area contributed by atoms with Crippen LogP contribution in [0.1, 0.15) is 28.1 Å². The molecule has 6 nitrogen and oxygen atoms in total. The molecule has 0 aliphatic carbocycles. The Kier molecular flexibility index (Phi) is 5.42. The monoisotopic (exact) mass is 418 g/mol. The summed E-state index contributed by atoms with van der Waals surface area (Å²) in [4.78, 5) is 8.64. The highest BCUT2D eigenvalue weighted by Gasteiger charge is 2.10. The second kappa shape index (κ2) is 8.16. The van der Waals surface area contributed by atoms with E-state index in [0.717, 1.165) is 44.7 Å². The van der Waals surface area contributed by atoms with Crippen LogP contribution >= 0.6 is 11.6 Å². The van der Waals surface area contributed by atoms with Crippen LogP contribution in [0.2, 0.25) is 5.02 Å². The molecule has 0 bridgehead atoms. The smallest absolute Gasteiger partial charge is 0.123 e. The Morgan fingerprint density at radius 1 is 1.17 bits per heavy atom. The summed E-state index contributed by atoms with van der Waals surface area (Å²) in [5.74, 6) is 0.527. The molecule has 7 heteroatoms. The molecular formula is C23H23ClN6. The van der Waals surface area contributed by atoms with E-state index in [2.05, 4.69) is 39.1 Å². The fraction of sp³-hybridized carbons (Fsp3) is 0.174. The lowest BCUT2D eigenvalue weighted by Crippen LogP contribution is -2.13. The van der Waals surface area contributed by atoms with Crippen LogP contribution in [0.3, 0.4) is 0 Å². The minimum absolute atomic E-state index is 0.527. The number of hydrogen-bond donors (Lipinski definition) is 2. The number of nitrogens with zero attached hydrogens (tertiary/aromatic N) is 4. The minimum Gasteiger partial charge on any atom is -0.384 e. The molecule has 0 aliphatic rings. The summed E-state index contributed by atoms with van der Waals surface area (Å²) in [6.45, 7) is 9.40. The Morgan fingerprint density at radius 3 is 2.80 bits per heavy atom. The van der Waals surface area contributed by atoms with E-state index in [-0.39, 0.29) is 0 Å². The number of nitrogens with one attached hydrogen (secondary N) is 1. The van der Waals surface area contributed by atoms with Gasteiger partial charge >= 0.3 is 0 Å². The average molecular weight is 419 g/mol. The zero-order chi connectivity index (χ0) is 21.3. The Morgan fingerprint density at radius 2 is 2.00 bits per heavy atom. The number of aromatic nitrogens is 4. The lowest BCUT2D eigenvalue weighted by molar-refractivity contribution is 0.680. The van der Waals surface area contributed by atoms with Crippen molar-refractivity contribution >= 4 is 34.0 Å². The maximum Gasteiger partial charge on any atom is 0.123 e. The Bertz CT molecular complexity index is 1240. The first-order valence-electron chi connectivity index (χ1n) is 9.62. The van der Waals surface area contributed by atoms with E-state index in [1.54, 1.807) is 6.20 Å². The quantitative estimate of drug-likeness (QED) is 0.482. The van der Waals surface area contributed by atoms with Gasteiger partial charge in [0.2, 0.25) is 0 Å². The minimum atomic E-state index is 0.527. The van der Waals surface area contributed by atoms with Crippen molar-refractivity contribution in [3.8, 4) is 0 Å². The molecule has 0 fully saturated rings. The molecular weight excluding hydrogens is 396 g/mol. The van der Waals surface area contributed by atoms with E-state index in [1.807, 2.05) is 49.0 Å². The van der Waals surface area contributed by atoms with Gasteiger partial charge in [-0.05, 0) is 49.2 Å². The second-order valence-electron chi connectivity index (χ2n) is 7.32. The van der Waals surface area contributed by atoms with Gasteiger partial charge in [-0.15, -0.1) is 0 Å². The SMILES string of the molecule is C=C(NCc1ccc(N)nc1C)c1cn(Cc2ccc3ncc(Cl)cc3c2)nc1C. The summed E-state index contributed by atoms with van der Waals surface area (Å²) in [7, 11) is 0. The maximum atomic E-state index is 6.07. The van der Waals surface area contributed by atoms with Crippen LogP contribution < -0.4 is 11.1 Å². The van der Waals surface area contributed by atoms with Crippen molar-refractivity contribution in [1.29, 1.82) is 0 Å². The third-order valence-corrected chi connectivity index (χ3v) is 5.24. The van der Waals surface area contributed by atoms with Crippen LogP contribution in [-0.4, -0.2) is 19.7 Å². The molecule has 30 heavy (non-hydrogen) atoms. The Labute approximate surface area is 180 Å². The van der Waals surface area contributed by atoms with Gasteiger partial charge in [0.1, 0.15) is 5.82 Å². The highest BCUT2D eigenvalue weighted by molar-refractivity contribution is 6.31. The number of halogens is 1. The number of anilines is 1. The standard InChI is InChI=1S/C23H23ClN6/c1-14-18(5-7-23(25)28-14)10-26-15(2)21-13-30(29-16(21)3)12-17-4-6-22-19(8-17)9-20(24)11-27-22/h4-9,11,13,26H,2,10,12H2,1,3H3,(H2,25,28). The van der Waals surface area contributed by atoms with Crippen molar-refractivity contribution in [3.63, 3.8) is 0 Å². The van der Waals surface area contributed by atoms with Crippen molar-refractivity contribution in [1.82, 2.24) is 25.1 Å². The van der Waals surface area contributed by atoms with Crippen molar-refractivity contribution in [3.05, 3.63) is 88.5 Å². The molecule has 0 aliphatic heterocycles. The first-order valence-corrected chi connectivity index (χ1v) is 10.0. The van der Waals surface area contributed by atoms with Gasteiger partial charge in [0.25, 0.3) is 0 Å². The molecule has 0 amide bonds. The molecule has 0 spiro atoms. The highest BCUT2D eigenvalue weighted by atomic mass is 35.5. The molecule has 3 aromatic heterocycles. The predicted octanol–water partition coefficient (Wildman–Crippen LogP) is 4.49. The number of nitrogens with two attached hydrogens (primary N) is 1. The van der Waals surface area contributed by atoms with E-state index in [1.165, 1.54) is 0 Å². The van der Waals surface area contributed by atoms with Crippen LogP contribution in [0.25, 0.3) is 16.6 Å². The summed E-state index contributed by atoms with van der Waals surface area (Å²) in [5.41, 5.74) is 12.5. The number of nitrogen functional groups attached to an aromatic ring is 1. The number of pyridine rings is 2. The molecule has 4 rings (SSSR count). The molecule has 0 atom stereocenters. The zero-order valence-corrected chi connectivity index (χ0v) is 17.7. The van der Waals surface area contributed by atoms with E-state index in [4.69, 9.17) is 17.3 Å². The average Bonchev–Trinajstić information content (AvgIpc) is 3.07. The van der Waals surface area contributed by atoms with E-state index in [9.17, 15) is 0 Å². The topological polar surface area (TPSA) is 81.6 Å². The fourth-order valence-corrected chi connectivity index (χ4v) is 3.59. The zero-order valence-electron chi connectivity index (χ0n) is 17.0. The van der Waals surface area contributed by atoms with Gasteiger partial charge in [-0.1, -0.05) is 30.3 Å². The molecule has 3 N–H and O–H groups in total. The van der Waals surface area contributed by atoms with Crippen molar-refractivity contribution in [2.75, 3.05) is 5.73 Å². The van der Waals surface area contributed by atoms with E-state index >= 15 is 0 Å². The third-order valence-electron chi connectivity index (χ3n) is 5.04. The number of fused-ring (bicyclic) bond motifs is 1. The number of hydrogen-bond acceptors (Lipinski definition) is 5. The summed E-state index contributed by atoms with van der Waals surface area (Å²) >= 11 is 6.07. The first-order chi connectivity index (χ1) is 14.4. The molecule has 4 aromatic rings. The van der Waals surface area contributed by atoms with Crippen LogP contribution in [0.15, 0.2) is 55.4 Å². The number of rotatable bonds is 6. The fourth-order valence-electron chi connectivity index (χ4n) is 3.43. The van der Waals surface area contributed by atoms with Gasteiger partial charge in [0.15, 0.2) is 0 Å². The van der Waals surface area contributed by atoms with Gasteiger partial charge in [-0.3, -0.25) is 9.67 Å². The van der Waals surface area contributed by atoms with Gasteiger partial charge in [-0.25, -0.2) is 4.98 Å². The normalized spacial score (nSPS) is 11.0. The van der Waals surface area contributed by atoms with Crippen molar-refractivity contribution in [2.45, 2.75) is 26.9 Å². The van der Waals surface area contributed by atoms with Gasteiger partial charge < -0.3 is 11.1 Å². The Balaban J connectivity index is 1.48. The van der Waals surface area contributed by atoms with Crippen molar-refractivity contribution in [2.24, 2.45) is 0 Å². The van der Waals surface area contributed by atoms with Gasteiger partial charge in [0, 0.05) is 41.3 Å². The highest BCUT2D eigenvalue weighted by Crippen LogP contribution is 2.20. The molecule has 0 saturated heterocycles. The first kappa shape index (κ1) is 19.9. The molecule has 1 aromatic carbocycles. The van der Waals surface area contributed by atoms with Crippen LogP contribution in [0.4, 0.5) is 5.82 Å². The van der Waals surface area contributed by atoms with Crippen LogP contribution in [0, 0.1) is 13.8 Å². The van der Waals surface area contributed by atoms with Crippen LogP contribution in [0.5, 0.6) is 0 Å². The summed E-state index contributed by atoms with van der Waals surface area (Å²) in [5, 5.41) is 9.67. The molecule has 0 saturated carbocycles. The maximum absolute atomic E-state index is 6.07. The Hall–Kier alpha value is -3.38. The van der Waals surface area contributed by atoms with E-state index < -0.39 is 0 Å². The lowest BCUT2D eigenvalue weighted by Gasteiger charge is -2.11. The summed E-state index contributed by atoms with van der Waals surface area (Å²) in [6.07, 6.45) is 3.67. The van der Waals surface area contributed by atoms with Crippen molar-refractivity contribution < 1.29 is 0 Å². The van der Waals surface area contributed by atoms with E-state index in [0.29, 0.717) is 23.9 Å². The summed E-state index contributed by atoms with van der Waals surface area (Å²) in [6, 6.07) is 11.9. The predicted molar refractivity (Wildman–Crippen MR) is 122 cm³/mol. The number of benzene rings is 1.